The number of carbonyl (C=O) groups excluding carboxylic acids is 1. The van der Waals surface area contributed by atoms with Crippen molar-refractivity contribution in [3.63, 3.8) is 0 Å². The van der Waals surface area contributed by atoms with Gasteiger partial charge in [0.25, 0.3) is 0 Å². The van der Waals surface area contributed by atoms with Crippen LogP contribution in [0.5, 0.6) is 5.75 Å². The Balaban J connectivity index is 2.10. The molecule has 0 saturated heterocycles. The topological polar surface area (TPSA) is 63.6 Å². The summed E-state index contributed by atoms with van der Waals surface area (Å²) in [6.07, 6.45) is 17.5. The summed E-state index contributed by atoms with van der Waals surface area (Å²) in [5, 5.41) is 9.07. The summed E-state index contributed by atoms with van der Waals surface area (Å²) in [4.78, 5) is 22.9. The minimum absolute atomic E-state index is 0.0124. The smallest absolute Gasteiger partial charge is 0.339 e. The second kappa shape index (κ2) is 13.9. The number of carbonyl (C=O) groups is 2. The van der Waals surface area contributed by atoms with Gasteiger partial charge in [-0.25, -0.2) is 4.79 Å². The Labute approximate surface area is 156 Å². The van der Waals surface area contributed by atoms with Crippen molar-refractivity contribution in [1.29, 1.82) is 0 Å². The lowest BCUT2D eigenvalue weighted by Gasteiger charge is -2.07. The molecule has 0 heterocycles. The fraction of sp³-hybridized carbons (Fsp3) is 0.455. The molecule has 0 aliphatic rings. The van der Waals surface area contributed by atoms with Crippen molar-refractivity contribution in [2.45, 2.75) is 64.7 Å². The highest BCUT2D eigenvalue weighted by molar-refractivity contribution is 5.91. The van der Waals surface area contributed by atoms with E-state index in [9.17, 15) is 9.59 Å². The van der Waals surface area contributed by atoms with E-state index >= 15 is 0 Å². The predicted molar refractivity (Wildman–Crippen MR) is 105 cm³/mol. The molecule has 142 valence electrons. The Kier molecular flexibility index (Phi) is 11.6. The molecule has 0 unspecified atom stereocenters. The molecule has 0 aliphatic carbocycles. The molecule has 1 aromatic rings. The van der Waals surface area contributed by atoms with Crippen LogP contribution in [0.1, 0.15) is 75.1 Å². The van der Waals surface area contributed by atoms with Gasteiger partial charge in [-0.3, -0.25) is 4.79 Å². The van der Waals surface area contributed by atoms with E-state index in [2.05, 4.69) is 31.2 Å². The number of rotatable bonds is 13. The quantitative estimate of drug-likeness (QED) is 0.205. The maximum Gasteiger partial charge on any atom is 0.339 e. The zero-order valence-corrected chi connectivity index (χ0v) is 15.7. The van der Waals surface area contributed by atoms with E-state index in [0.717, 1.165) is 44.9 Å². The van der Waals surface area contributed by atoms with Gasteiger partial charge in [0.15, 0.2) is 0 Å². The normalized spacial score (nSPS) is 11.3. The number of hydrogen-bond acceptors (Lipinski definition) is 3. The summed E-state index contributed by atoms with van der Waals surface area (Å²) in [5.41, 5.74) is 0.0124. The average molecular weight is 358 g/mol. The van der Waals surface area contributed by atoms with Gasteiger partial charge in [-0.15, -0.1) is 0 Å². The van der Waals surface area contributed by atoms with Gasteiger partial charge in [0, 0.05) is 6.42 Å². The number of benzene rings is 1. The van der Waals surface area contributed by atoms with Crippen molar-refractivity contribution in [2.24, 2.45) is 0 Å². The van der Waals surface area contributed by atoms with Crippen molar-refractivity contribution >= 4 is 11.9 Å². The summed E-state index contributed by atoms with van der Waals surface area (Å²) < 4.78 is 5.17. The van der Waals surface area contributed by atoms with Crippen molar-refractivity contribution in [3.05, 3.63) is 54.1 Å². The molecule has 26 heavy (non-hydrogen) atoms. The number of hydrogen-bond donors (Lipinski definition) is 1. The van der Waals surface area contributed by atoms with Crippen LogP contribution in [-0.4, -0.2) is 17.0 Å². The molecule has 0 bridgehead atoms. The summed E-state index contributed by atoms with van der Waals surface area (Å²) in [5.74, 6) is -1.35. The summed E-state index contributed by atoms with van der Waals surface area (Å²) in [6.45, 7) is 2.17. The van der Waals surface area contributed by atoms with E-state index in [1.165, 1.54) is 18.6 Å². The van der Waals surface area contributed by atoms with Crippen LogP contribution in [-0.2, 0) is 4.79 Å². The molecule has 1 rings (SSSR count). The Morgan fingerprint density at radius 2 is 1.62 bits per heavy atom. The van der Waals surface area contributed by atoms with Gasteiger partial charge in [0.2, 0.25) is 0 Å². The average Bonchev–Trinajstić information content (AvgIpc) is 2.63. The molecule has 0 aliphatic heterocycles. The highest BCUT2D eigenvalue weighted by atomic mass is 16.5. The van der Waals surface area contributed by atoms with Crippen molar-refractivity contribution < 1.29 is 19.4 Å². The molecule has 0 amide bonds. The number of carboxylic acids is 1. The van der Waals surface area contributed by atoms with Crippen LogP contribution < -0.4 is 4.74 Å². The van der Waals surface area contributed by atoms with E-state index in [1.807, 2.05) is 0 Å². The number of carboxylic acid groups (broad SMARTS) is 1. The SMILES string of the molecule is CCCC=CC=CCCCCCCCC(=O)Oc1ccccc1C(=O)O. The fourth-order valence-electron chi connectivity index (χ4n) is 2.48. The molecule has 0 spiro atoms. The Hall–Kier alpha value is -2.36. The first-order valence-corrected chi connectivity index (χ1v) is 9.49. The summed E-state index contributed by atoms with van der Waals surface area (Å²) in [7, 11) is 0. The molecule has 4 nitrogen and oxygen atoms in total. The lowest BCUT2D eigenvalue weighted by Crippen LogP contribution is -2.10. The third kappa shape index (κ3) is 9.82. The maximum absolute atomic E-state index is 11.8. The van der Waals surface area contributed by atoms with Gasteiger partial charge in [-0.1, -0.05) is 69.0 Å². The number of allylic oxidation sites excluding steroid dienone is 4. The fourth-order valence-corrected chi connectivity index (χ4v) is 2.48. The zero-order valence-electron chi connectivity index (χ0n) is 15.7. The van der Waals surface area contributed by atoms with Crippen LogP contribution in [0.2, 0.25) is 0 Å². The third-order valence-corrected chi connectivity index (χ3v) is 3.93. The zero-order chi connectivity index (χ0) is 19.0. The molecule has 4 heteroatoms. The standard InChI is InChI=1S/C22H30O4/c1-2-3-4-5-6-7-8-9-10-11-12-13-18-21(23)26-20-17-15-14-16-19(20)22(24)25/h4-7,14-17H,2-3,8-13,18H2,1H3,(H,24,25). The highest BCUT2D eigenvalue weighted by Gasteiger charge is 2.13. The molecule has 1 aromatic carbocycles. The minimum Gasteiger partial charge on any atom is -0.478 e. The van der Waals surface area contributed by atoms with Crippen LogP contribution in [0.4, 0.5) is 0 Å². The van der Waals surface area contributed by atoms with E-state index in [1.54, 1.807) is 12.1 Å². The van der Waals surface area contributed by atoms with Gasteiger partial charge < -0.3 is 9.84 Å². The van der Waals surface area contributed by atoms with E-state index in [-0.39, 0.29) is 17.3 Å². The van der Waals surface area contributed by atoms with Crippen molar-refractivity contribution in [3.8, 4) is 5.75 Å². The number of para-hydroxylation sites is 1. The molecular formula is C22H30O4. The van der Waals surface area contributed by atoms with Crippen molar-refractivity contribution in [2.75, 3.05) is 0 Å². The minimum atomic E-state index is -1.09. The van der Waals surface area contributed by atoms with Gasteiger partial charge in [-0.05, 0) is 37.8 Å². The van der Waals surface area contributed by atoms with Gasteiger partial charge >= 0.3 is 11.9 Å². The molecule has 1 N–H and O–H groups in total. The molecule has 0 aromatic heterocycles. The monoisotopic (exact) mass is 358 g/mol. The van der Waals surface area contributed by atoms with E-state index in [4.69, 9.17) is 9.84 Å². The van der Waals surface area contributed by atoms with Crippen LogP contribution in [0.25, 0.3) is 0 Å². The van der Waals surface area contributed by atoms with Crippen LogP contribution >= 0.6 is 0 Å². The van der Waals surface area contributed by atoms with E-state index < -0.39 is 5.97 Å². The van der Waals surface area contributed by atoms with Crippen LogP contribution in [0.15, 0.2) is 48.6 Å². The van der Waals surface area contributed by atoms with Gasteiger partial charge in [0.05, 0.1) is 0 Å². The molecule has 0 radical (unpaired) electrons. The Bertz CT molecular complexity index is 602. The second-order valence-corrected chi connectivity index (χ2v) is 6.23. The molecular weight excluding hydrogens is 328 g/mol. The lowest BCUT2D eigenvalue weighted by molar-refractivity contribution is -0.134. The first-order chi connectivity index (χ1) is 12.6. The van der Waals surface area contributed by atoms with Crippen molar-refractivity contribution in [1.82, 2.24) is 0 Å². The van der Waals surface area contributed by atoms with E-state index in [0.29, 0.717) is 6.42 Å². The highest BCUT2D eigenvalue weighted by Crippen LogP contribution is 2.19. The number of esters is 1. The lowest BCUT2D eigenvalue weighted by atomic mass is 10.1. The van der Waals surface area contributed by atoms with Crippen LogP contribution in [0, 0.1) is 0 Å². The summed E-state index contributed by atoms with van der Waals surface area (Å²) >= 11 is 0. The third-order valence-electron chi connectivity index (χ3n) is 3.93. The Morgan fingerprint density at radius 1 is 0.962 bits per heavy atom. The van der Waals surface area contributed by atoms with Gasteiger partial charge in [0.1, 0.15) is 11.3 Å². The number of unbranched alkanes of at least 4 members (excludes halogenated alkanes) is 6. The maximum atomic E-state index is 11.8. The molecule has 0 fully saturated rings. The predicted octanol–water partition coefficient (Wildman–Crippen LogP) is 5.93. The largest absolute Gasteiger partial charge is 0.478 e. The van der Waals surface area contributed by atoms with Gasteiger partial charge in [-0.2, -0.15) is 0 Å². The molecule has 0 atom stereocenters. The number of aromatic carboxylic acids is 1. The molecule has 0 saturated carbocycles. The van der Waals surface area contributed by atoms with Crippen LogP contribution in [0.3, 0.4) is 0 Å². The summed E-state index contributed by atoms with van der Waals surface area (Å²) in [6, 6.07) is 6.20. The first-order valence-electron chi connectivity index (χ1n) is 9.49. The number of ether oxygens (including phenoxy) is 1. The first kappa shape index (κ1) is 21.7. The second-order valence-electron chi connectivity index (χ2n) is 6.23. The Morgan fingerprint density at radius 3 is 2.35 bits per heavy atom.